The molecule has 0 saturated carbocycles. The minimum absolute atomic E-state index is 0.119. The van der Waals surface area contributed by atoms with Crippen LogP contribution in [0.15, 0.2) is 16.6 Å². The van der Waals surface area contributed by atoms with Crippen LogP contribution in [0.5, 0.6) is 0 Å². The predicted molar refractivity (Wildman–Crippen MR) is 66.1 cm³/mol. The molecule has 2 nitrogen and oxygen atoms in total. The first-order valence-electron chi connectivity index (χ1n) is 5.62. The molecule has 1 heterocycles. The fourth-order valence-corrected chi connectivity index (χ4v) is 2.33. The topological polar surface area (TPSA) is 23.5 Å². The Morgan fingerprint density at radius 1 is 1.24 bits per heavy atom. The second-order valence-electron chi connectivity index (χ2n) is 4.34. The van der Waals surface area contributed by atoms with E-state index in [1.165, 1.54) is 12.1 Å². The van der Waals surface area contributed by atoms with E-state index in [4.69, 9.17) is 5.11 Å². The van der Waals surface area contributed by atoms with E-state index >= 15 is 0 Å². The summed E-state index contributed by atoms with van der Waals surface area (Å²) in [6, 6.07) is 2.68. The number of hydrogen-bond acceptors (Lipinski definition) is 2. The Labute approximate surface area is 107 Å². The lowest BCUT2D eigenvalue weighted by molar-refractivity contribution is 0.203. The van der Waals surface area contributed by atoms with Gasteiger partial charge in [-0.1, -0.05) is 0 Å². The predicted octanol–water partition coefficient (Wildman–Crippen LogP) is 2.94. The molecule has 1 N–H and O–H groups in total. The highest BCUT2D eigenvalue weighted by atomic mass is 79.9. The third kappa shape index (κ3) is 2.77. The van der Waals surface area contributed by atoms with Gasteiger partial charge in [-0.25, -0.2) is 8.78 Å². The molecular weight excluding hydrogens is 292 g/mol. The maximum Gasteiger partial charge on any atom is 0.142 e. The molecule has 0 aromatic heterocycles. The summed E-state index contributed by atoms with van der Waals surface area (Å²) in [7, 11) is 0. The zero-order valence-electron chi connectivity index (χ0n) is 9.30. The third-order valence-electron chi connectivity index (χ3n) is 3.21. The number of piperidine rings is 1. The van der Waals surface area contributed by atoms with E-state index in [9.17, 15) is 8.78 Å². The Balaban J connectivity index is 2.13. The number of anilines is 1. The molecule has 0 unspecified atom stereocenters. The van der Waals surface area contributed by atoms with Crippen LogP contribution in [0.1, 0.15) is 12.8 Å². The summed E-state index contributed by atoms with van der Waals surface area (Å²) < 4.78 is 26.6. The van der Waals surface area contributed by atoms with Crippen molar-refractivity contribution < 1.29 is 13.9 Å². The molecule has 1 fully saturated rings. The van der Waals surface area contributed by atoms with Crippen molar-refractivity contribution in [3.63, 3.8) is 0 Å². The summed E-state index contributed by atoms with van der Waals surface area (Å²) >= 11 is 2.86. The van der Waals surface area contributed by atoms with Crippen LogP contribution in [0.2, 0.25) is 0 Å². The maximum atomic E-state index is 13.4. The van der Waals surface area contributed by atoms with Gasteiger partial charge < -0.3 is 10.0 Å². The lowest BCUT2D eigenvalue weighted by Crippen LogP contribution is -2.34. The lowest BCUT2D eigenvalue weighted by Gasteiger charge is -2.33. The molecule has 0 bridgehead atoms. The van der Waals surface area contributed by atoms with Crippen molar-refractivity contribution in [2.24, 2.45) is 5.92 Å². The molecule has 0 amide bonds. The van der Waals surface area contributed by atoms with Gasteiger partial charge in [0.1, 0.15) is 11.6 Å². The van der Waals surface area contributed by atoms with E-state index in [1.807, 2.05) is 4.90 Å². The average Bonchev–Trinajstić information content (AvgIpc) is 2.35. The van der Waals surface area contributed by atoms with E-state index in [1.54, 1.807) is 0 Å². The molecule has 1 aliphatic rings. The van der Waals surface area contributed by atoms with Crippen LogP contribution in [-0.4, -0.2) is 24.8 Å². The van der Waals surface area contributed by atoms with Crippen LogP contribution < -0.4 is 4.90 Å². The first-order chi connectivity index (χ1) is 8.11. The maximum absolute atomic E-state index is 13.4. The summed E-state index contributed by atoms with van der Waals surface area (Å²) in [5.41, 5.74) is 0.569. The van der Waals surface area contributed by atoms with Crippen molar-refractivity contribution in [3.05, 3.63) is 28.2 Å². The first kappa shape index (κ1) is 12.8. The van der Waals surface area contributed by atoms with Gasteiger partial charge in [-0.05, 0) is 46.8 Å². The molecule has 1 aliphatic heterocycles. The minimum Gasteiger partial charge on any atom is -0.396 e. The van der Waals surface area contributed by atoms with Crippen LogP contribution >= 0.6 is 15.9 Å². The molecule has 1 aromatic carbocycles. The van der Waals surface area contributed by atoms with Crippen LogP contribution in [0.3, 0.4) is 0 Å². The Morgan fingerprint density at radius 3 is 2.24 bits per heavy atom. The second kappa shape index (κ2) is 5.31. The van der Waals surface area contributed by atoms with Gasteiger partial charge in [0.2, 0.25) is 0 Å². The molecule has 0 atom stereocenters. The van der Waals surface area contributed by atoms with Gasteiger partial charge in [0.15, 0.2) is 0 Å². The number of hydrogen-bond donors (Lipinski definition) is 1. The first-order valence-corrected chi connectivity index (χ1v) is 6.41. The highest BCUT2D eigenvalue weighted by Crippen LogP contribution is 2.28. The molecule has 1 aromatic rings. The van der Waals surface area contributed by atoms with Crippen LogP contribution in [0, 0.1) is 17.6 Å². The zero-order chi connectivity index (χ0) is 12.4. The fraction of sp³-hybridized carbons (Fsp3) is 0.500. The van der Waals surface area contributed by atoms with Gasteiger partial charge in [0.25, 0.3) is 0 Å². The monoisotopic (exact) mass is 305 g/mol. The van der Waals surface area contributed by atoms with Crippen LogP contribution in [-0.2, 0) is 0 Å². The summed E-state index contributed by atoms with van der Waals surface area (Å²) in [4.78, 5) is 1.95. The van der Waals surface area contributed by atoms with E-state index < -0.39 is 11.6 Å². The fourth-order valence-electron chi connectivity index (χ4n) is 2.10. The quantitative estimate of drug-likeness (QED) is 0.849. The van der Waals surface area contributed by atoms with Crippen molar-refractivity contribution in [2.45, 2.75) is 12.8 Å². The largest absolute Gasteiger partial charge is 0.396 e. The normalized spacial score (nSPS) is 17.5. The Bertz CT molecular complexity index is 382. The Kier molecular flexibility index (Phi) is 3.99. The number of halogens is 3. The van der Waals surface area contributed by atoms with Gasteiger partial charge in [0.05, 0.1) is 4.47 Å². The molecule has 0 aliphatic carbocycles. The summed E-state index contributed by atoms with van der Waals surface area (Å²) in [5.74, 6) is -0.843. The molecule has 17 heavy (non-hydrogen) atoms. The van der Waals surface area contributed by atoms with Gasteiger partial charge in [-0.3, -0.25) is 0 Å². The van der Waals surface area contributed by atoms with Crippen molar-refractivity contribution >= 4 is 21.6 Å². The van der Waals surface area contributed by atoms with Gasteiger partial charge in [-0.15, -0.1) is 0 Å². The van der Waals surface area contributed by atoms with E-state index in [0.29, 0.717) is 11.6 Å². The van der Waals surface area contributed by atoms with Crippen molar-refractivity contribution in [3.8, 4) is 0 Å². The van der Waals surface area contributed by atoms with Gasteiger partial charge >= 0.3 is 0 Å². The molecule has 94 valence electrons. The highest BCUT2D eigenvalue weighted by Gasteiger charge is 2.20. The summed E-state index contributed by atoms with van der Waals surface area (Å²) in [6.07, 6.45) is 1.71. The Morgan fingerprint density at radius 2 is 1.76 bits per heavy atom. The molecule has 2 rings (SSSR count). The SMILES string of the molecule is OCC1CCN(c2cc(F)c(Br)c(F)c2)CC1. The summed E-state index contributed by atoms with van der Waals surface area (Å²) in [6.45, 7) is 1.65. The molecule has 0 radical (unpaired) electrons. The third-order valence-corrected chi connectivity index (χ3v) is 3.96. The van der Waals surface area contributed by atoms with E-state index in [-0.39, 0.29) is 11.1 Å². The number of benzene rings is 1. The molecular formula is C12H14BrF2NO. The number of aliphatic hydroxyl groups excluding tert-OH is 1. The van der Waals surface area contributed by atoms with Crippen molar-refractivity contribution in [1.82, 2.24) is 0 Å². The molecule has 5 heteroatoms. The van der Waals surface area contributed by atoms with E-state index in [0.717, 1.165) is 25.9 Å². The van der Waals surface area contributed by atoms with Gasteiger partial charge in [0, 0.05) is 25.4 Å². The average molecular weight is 306 g/mol. The van der Waals surface area contributed by atoms with Crippen LogP contribution in [0.25, 0.3) is 0 Å². The zero-order valence-corrected chi connectivity index (χ0v) is 10.9. The number of aliphatic hydroxyl groups is 1. The summed E-state index contributed by atoms with van der Waals surface area (Å²) in [5, 5.41) is 9.03. The van der Waals surface area contributed by atoms with Crippen molar-refractivity contribution in [2.75, 3.05) is 24.6 Å². The second-order valence-corrected chi connectivity index (χ2v) is 5.13. The Hall–Kier alpha value is -0.680. The standard InChI is InChI=1S/C12H14BrF2NO/c13-12-10(14)5-9(6-11(12)15)16-3-1-8(7-17)2-4-16/h5-6,8,17H,1-4,7H2. The minimum atomic E-state index is -0.579. The highest BCUT2D eigenvalue weighted by molar-refractivity contribution is 9.10. The lowest BCUT2D eigenvalue weighted by atomic mass is 9.97. The van der Waals surface area contributed by atoms with Crippen molar-refractivity contribution in [1.29, 1.82) is 0 Å². The number of rotatable bonds is 2. The van der Waals surface area contributed by atoms with Gasteiger partial charge in [-0.2, -0.15) is 0 Å². The molecule has 0 spiro atoms. The molecule has 1 saturated heterocycles. The van der Waals surface area contributed by atoms with Crippen LogP contribution in [0.4, 0.5) is 14.5 Å². The number of nitrogens with zero attached hydrogens (tertiary/aromatic N) is 1. The smallest absolute Gasteiger partial charge is 0.142 e. The van der Waals surface area contributed by atoms with E-state index in [2.05, 4.69) is 15.9 Å².